The van der Waals surface area contributed by atoms with Gasteiger partial charge in [-0.1, -0.05) is 80.6 Å². The van der Waals surface area contributed by atoms with Gasteiger partial charge in [0.05, 0.1) is 6.10 Å². The number of benzene rings is 3. The minimum Gasteiger partial charge on any atom is -0.488 e. The van der Waals surface area contributed by atoms with Crippen molar-refractivity contribution in [2.75, 3.05) is 0 Å². The molecule has 0 spiro atoms. The van der Waals surface area contributed by atoms with Gasteiger partial charge < -0.3 is 15.6 Å². The highest BCUT2D eigenvalue weighted by atomic mass is 16.5. The van der Waals surface area contributed by atoms with Gasteiger partial charge in [0.1, 0.15) is 12.4 Å². The van der Waals surface area contributed by atoms with E-state index >= 15 is 0 Å². The van der Waals surface area contributed by atoms with Crippen molar-refractivity contribution in [3.05, 3.63) is 101 Å². The molecule has 0 bridgehead atoms. The number of aliphatic hydroxyl groups excluding tert-OH is 1. The molecule has 3 nitrogen and oxygen atoms in total. The van der Waals surface area contributed by atoms with Gasteiger partial charge in [0.2, 0.25) is 0 Å². The second-order valence-corrected chi connectivity index (χ2v) is 7.80. The van der Waals surface area contributed by atoms with Crippen molar-refractivity contribution in [1.29, 1.82) is 0 Å². The molecule has 0 amide bonds. The van der Waals surface area contributed by atoms with E-state index in [1.54, 1.807) is 0 Å². The number of ether oxygens (including phenoxy) is 1. The highest BCUT2D eigenvalue weighted by molar-refractivity contribution is 5.37. The second kappa shape index (κ2) is 10.2. The average molecular weight is 390 g/mol. The fourth-order valence-corrected chi connectivity index (χ4v) is 3.31. The molecule has 3 aromatic rings. The van der Waals surface area contributed by atoms with Gasteiger partial charge in [0, 0.05) is 12.1 Å². The van der Waals surface area contributed by atoms with Crippen molar-refractivity contribution in [2.24, 2.45) is 5.73 Å². The SMILES string of the molecule is CC(C)c1ccc(CCC(O)c2cccc(CN)c2)cc1.c1ccc2c(c1)CO2. The Morgan fingerprint density at radius 1 is 0.897 bits per heavy atom. The number of para-hydroxylation sites is 1. The summed E-state index contributed by atoms with van der Waals surface area (Å²) in [6.07, 6.45) is 1.18. The lowest BCUT2D eigenvalue weighted by molar-refractivity contribution is 0.168. The molecule has 3 N–H and O–H groups in total. The molecular formula is C26H31NO2. The molecule has 0 aliphatic carbocycles. The van der Waals surface area contributed by atoms with Gasteiger partial charge in [-0.2, -0.15) is 0 Å². The summed E-state index contributed by atoms with van der Waals surface area (Å²) in [6, 6.07) is 24.7. The van der Waals surface area contributed by atoms with Crippen molar-refractivity contribution in [3.8, 4) is 5.75 Å². The number of hydrogen-bond donors (Lipinski definition) is 2. The normalized spacial score (nSPS) is 12.9. The molecule has 0 aromatic heterocycles. The largest absolute Gasteiger partial charge is 0.488 e. The molecule has 1 atom stereocenters. The van der Waals surface area contributed by atoms with Crippen molar-refractivity contribution in [3.63, 3.8) is 0 Å². The molecule has 1 aliphatic rings. The van der Waals surface area contributed by atoms with E-state index in [4.69, 9.17) is 10.5 Å². The summed E-state index contributed by atoms with van der Waals surface area (Å²) in [6.45, 7) is 5.71. The summed E-state index contributed by atoms with van der Waals surface area (Å²) < 4.78 is 5.08. The monoisotopic (exact) mass is 389 g/mol. The first-order valence-corrected chi connectivity index (χ1v) is 10.3. The fraction of sp³-hybridized carbons (Fsp3) is 0.308. The first-order chi connectivity index (χ1) is 14.1. The molecule has 0 radical (unpaired) electrons. The van der Waals surface area contributed by atoms with Crippen LogP contribution in [0.5, 0.6) is 5.75 Å². The van der Waals surface area contributed by atoms with E-state index in [0.29, 0.717) is 12.5 Å². The molecule has 1 aliphatic heterocycles. The average Bonchev–Trinajstić information content (AvgIpc) is 2.74. The van der Waals surface area contributed by atoms with E-state index in [2.05, 4.69) is 44.2 Å². The molecule has 29 heavy (non-hydrogen) atoms. The van der Waals surface area contributed by atoms with Crippen LogP contribution in [0.2, 0.25) is 0 Å². The number of aryl methyl sites for hydroxylation is 1. The van der Waals surface area contributed by atoms with Crippen LogP contribution in [0.1, 0.15) is 60.1 Å². The smallest absolute Gasteiger partial charge is 0.126 e. The van der Waals surface area contributed by atoms with E-state index in [1.165, 1.54) is 16.7 Å². The Bertz CT molecular complexity index is 880. The Kier molecular flexibility index (Phi) is 7.45. The van der Waals surface area contributed by atoms with Crippen molar-refractivity contribution in [1.82, 2.24) is 0 Å². The van der Waals surface area contributed by atoms with E-state index in [0.717, 1.165) is 36.3 Å². The zero-order valence-corrected chi connectivity index (χ0v) is 17.3. The third kappa shape index (κ3) is 5.93. The maximum Gasteiger partial charge on any atom is 0.126 e. The van der Waals surface area contributed by atoms with Gasteiger partial charge in [-0.25, -0.2) is 0 Å². The maximum absolute atomic E-state index is 10.3. The number of aliphatic hydroxyl groups is 1. The molecule has 3 heteroatoms. The van der Waals surface area contributed by atoms with Gasteiger partial charge in [-0.15, -0.1) is 0 Å². The van der Waals surface area contributed by atoms with Crippen LogP contribution >= 0.6 is 0 Å². The van der Waals surface area contributed by atoms with E-state index in [9.17, 15) is 5.11 Å². The van der Waals surface area contributed by atoms with Crippen LogP contribution in [0.15, 0.2) is 72.8 Å². The van der Waals surface area contributed by atoms with Crippen LogP contribution in [0.3, 0.4) is 0 Å². The van der Waals surface area contributed by atoms with E-state index < -0.39 is 6.10 Å². The Hall–Kier alpha value is -2.62. The lowest BCUT2D eigenvalue weighted by Gasteiger charge is -2.18. The minimum absolute atomic E-state index is 0.429. The first-order valence-electron chi connectivity index (χ1n) is 10.3. The lowest BCUT2D eigenvalue weighted by atomic mass is 9.97. The quantitative estimate of drug-likeness (QED) is 0.584. The highest BCUT2D eigenvalue weighted by Gasteiger charge is 2.11. The maximum atomic E-state index is 10.3. The van der Waals surface area contributed by atoms with Crippen LogP contribution in [0, 0.1) is 0 Å². The van der Waals surface area contributed by atoms with Gasteiger partial charge in [-0.05, 0) is 47.1 Å². The summed E-state index contributed by atoms with van der Waals surface area (Å²) in [5, 5.41) is 10.3. The minimum atomic E-state index is -0.429. The molecule has 3 aromatic carbocycles. The molecule has 0 fully saturated rings. The van der Waals surface area contributed by atoms with Gasteiger partial charge >= 0.3 is 0 Å². The van der Waals surface area contributed by atoms with Crippen LogP contribution in [-0.4, -0.2) is 5.11 Å². The second-order valence-electron chi connectivity index (χ2n) is 7.80. The standard InChI is InChI=1S/C19H25NO.C7H6O/c1-14(2)17-9-6-15(7-10-17)8-11-19(21)18-5-3-4-16(12-18)13-20;1-2-4-7-6(3-1)5-8-7/h3-7,9-10,12,14,19,21H,8,11,13,20H2,1-2H3;1-4H,5H2. The Labute approximate surface area is 174 Å². The number of hydrogen-bond acceptors (Lipinski definition) is 3. The predicted molar refractivity (Wildman–Crippen MR) is 119 cm³/mol. The molecule has 4 rings (SSSR count). The summed E-state index contributed by atoms with van der Waals surface area (Å²) >= 11 is 0. The highest BCUT2D eigenvalue weighted by Crippen LogP contribution is 2.27. The van der Waals surface area contributed by atoms with Crippen molar-refractivity contribution < 1.29 is 9.84 Å². The fourth-order valence-electron chi connectivity index (χ4n) is 3.31. The topological polar surface area (TPSA) is 55.5 Å². The number of fused-ring (bicyclic) bond motifs is 1. The van der Waals surface area contributed by atoms with Crippen LogP contribution in [-0.2, 0) is 19.6 Å². The third-order valence-electron chi connectivity index (χ3n) is 5.28. The summed E-state index contributed by atoms with van der Waals surface area (Å²) in [5.41, 5.74) is 11.6. The molecule has 0 saturated heterocycles. The zero-order chi connectivity index (χ0) is 20.6. The predicted octanol–water partition coefficient (Wildman–Crippen LogP) is 5.51. The van der Waals surface area contributed by atoms with E-state index in [-0.39, 0.29) is 0 Å². The van der Waals surface area contributed by atoms with Crippen molar-refractivity contribution >= 4 is 0 Å². The molecule has 0 saturated carbocycles. The first kappa shape index (κ1) is 21.1. The Morgan fingerprint density at radius 2 is 1.66 bits per heavy atom. The Balaban J connectivity index is 0.000000246. The number of nitrogens with two attached hydrogens (primary N) is 1. The van der Waals surface area contributed by atoms with Gasteiger partial charge in [0.15, 0.2) is 0 Å². The van der Waals surface area contributed by atoms with E-state index in [1.807, 2.05) is 42.5 Å². The molecule has 1 unspecified atom stereocenters. The summed E-state index contributed by atoms with van der Waals surface area (Å²) in [5.74, 6) is 1.61. The summed E-state index contributed by atoms with van der Waals surface area (Å²) in [7, 11) is 0. The molecule has 1 heterocycles. The van der Waals surface area contributed by atoms with Crippen molar-refractivity contribution in [2.45, 2.75) is 51.9 Å². The third-order valence-corrected chi connectivity index (χ3v) is 5.28. The van der Waals surface area contributed by atoms with Crippen LogP contribution in [0.4, 0.5) is 0 Å². The van der Waals surface area contributed by atoms with Crippen LogP contribution < -0.4 is 10.5 Å². The zero-order valence-electron chi connectivity index (χ0n) is 17.3. The van der Waals surface area contributed by atoms with Crippen LogP contribution in [0.25, 0.3) is 0 Å². The Morgan fingerprint density at radius 3 is 2.21 bits per heavy atom. The summed E-state index contributed by atoms with van der Waals surface area (Å²) in [4.78, 5) is 0. The lowest BCUT2D eigenvalue weighted by Crippen LogP contribution is -2.07. The molecule has 152 valence electrons. The van der Waals surface area contributed by atoms with Gasteiger partial charge in [0.25, 0.3) is 0 Å². The molecular weight excluding hydrogens is 358 g/mol. The number of rotatable bonds is 6. The van der Waals surface area contributed by atoms with Gasteiger partial charge in [-0.3, -0.25) is 0 Å².